The number of aryl methyl sites for hydroxylation is 1. The molecule has 1 aliphatic rings. The molecule has 0 atom stereocenters. The minimum absolute atomic E-state index is 1.17. The first kappa shape index (κ1) is 13.0. The number of benzene rings is 2. The molecule has 2 aromatic rings. The van der Waals surface area contributed by atoms with Crippen molar-refractivity contribution in [1.29, 1.82) is 0 Å². The smallest absolute Gasteiger partial charge is 0.0445 e. The van der Waals surface area contributed by atoms with Gasteiger partial charge in [0.25, 0.3) is 0 Å². The van der Waals surface area contributed by atoms with E-state index in [-0.39, 0.29) is 0 Å². The van der Waals surface area contributed by atoms with Crippen molar-refractivity contribution < 1.29 is 0 Å². The second-order valence-electron chi connectivity index (χ2n) is 5.50. The number of nitrogens with zero attached hydrogens (tertiary/aromatic N) is 1. The van der Waals surface area contributed by atoms with Crippen LogP contribution in [0.5, 0.6) is 0 Å². The van der Waals surface area contributed by atoms with Crippen LogP contribution < -0.4 is 0 Å². The van der Waals surface area contributed by atoms with E-state index >= 15 is 0 Å². The SMILES string of the molecule is Cc1cccc(/C(=C\c2ccccc2)N2CCCC2)c1. The summed E-state index contributed by atoms with van der Waals surface area (Å²) in [7, 11) is 0. The molecule has 2 aromatic carbocycles. The van der Waals surface area contributed by atoms with E-state index in [9.17, 15) is 0 Å². The summed E-state index contributed by atoms with van der Waals surface area (Å²) in [6.07, 6.45) is 4.93. The Labute approximate surface area is 121 Å². The summed E-state index contributed by atoms with van der Waals surface area (Å²) < 4.78 is 0. The van der Waals surface area contributed by atoms with Crippen molar-refractivity contribution in [2.24, 2.45) is 0 Å². The van der Waals surface area contributed by atoms with Crippen LogP contribution in [-0.4, -0.2) is 18.0 Å². The summed E-state index contributed by atoms with van der Waals surface area (Å²) >= 11 is 0. The van der Waals surface area contributed by atoms with Crippen molar-refractivity contribution in [1.82, 2.24) is 4.90 Å². The summed E-state index contributed by atoms with van der Waals surface area (Å²) in [6, 6.07) is 19.4. The van der Waals surface area contributed by atoms with Gasteiger partial charge >= 0.3 is 0 Å². The average Bonchev–Trinajstić information content (AvgIpc) is 3.00. The zero-order valence-electron chi connectivity index (χ0n) is 12.0. The molecule has 1 nitrogen and oxygen atoms in total. The van der Waals surface area contributed by atoms with Crippen molar-refractivity contribution in [2.45, 2.75) is 19.8 Å². The third-order valence-corrected chi connectivity index (χ3v) is 3.86. The van der Waals surface area contributed by atoms with Gasteiger partial charge in [0.15, 0.2) is 0 Å². The van der Waals surface area contributed by atoms with Crippen LogP contribution in [-0.2, 0) is 0 Å². The van der Waals surface area contributed by atoms with Gasteiger partial charge in [-0.1, -0.05) is 54.1 Å². The van der Waals surface area contributed by atoms with Crippen LogP contribution >= 0.6 is 0 Å². The Hall–Kier alpha value is -2.02. The zero-order valence-corrected chi connectivity index (χ0v) is 12.0. The lowest BCUT2D eigenvalue weighted by molar-refractivity contribution is 0.495. The van der Waals surface area contributed by atoms with Crippen molar-refractivity contribution >= 4 is 11.8 Å². The van der Waals surface area contributed by atoms with Gasteiger partial charge in [0.1, 0.15) is 0 Å². The normalized spacial score (nSPS) is 15.7. The van der Waals surface area contributed by atoms with Crippen molar-refractivity contribution in [3.63, 3.8) is 0 Å². The summed E-state index contributed by atoms with van der Waals surface area (Å²) in [5.41, 5.74) is 5.28. The van der Waals surface area contributed by atoms with Gasteiger partial charge in [0.2, 0.25) is 0 Å². The van der Waals surface area contributed by atoms with Crippen molar-refractivity contribution in [3.05, 3.63) is 71.3 Å². The van der Waals surface area contributed by atoms with Gasteiger partial charge in [-0.15, -0.1) is 0 Å². The highest BCUT2D eigenvalue weighted by molar-refractivity contribution is 5.80. The fourth-order valence-electron chi connectivity index (χ4n) is 2.83. The number of rotatable bonds is 3. The summed E-state index contributed by atoms with van der Waals surface area (Å²) in [4.78, 5) is 2.52. The van der Waals surface area contributed by atoms with E-state index < -0.39 is 0 Å². The molecule has 1 saturated heterocycles. The van der Waals surface area contributed by atoms with E-state index in [0.717, 1.165) is 0 Å². The number of hydrogen-bond donors (Lipinski definition) is 0. The van der Waals surface area contributed by atoms with Crippen molar-refractivity contribution in [3.8, 4) is 0 Å². The van der Waals surface area contributed by atoms with Gasteiger partial charge in [0, 0.05) is 18.8 Å². The third kappa shape index (κ3) is 2.93. The molecule has 0 N–H and O–H groups in total. The molecule has 1 heteroatoms. The van der Waals surface area contributed by atoms with Crippen molar-refractivity contribution in [2.75, 3.05) is 13.1 Å². The Kier molecular flexibility index (Phi) is 3.87. The second-order valence-corrected chi connectivity index (χ2v) is 5.50. The minimum atomic E-state index is 1.17. The van der Waals surface area contributed by atoms with Gasteiger partial charge in [-0.05, 0) is 43.0 Å². The van der Waals surface area contributed by atoms with E-state index in [1.807, 2.05) is 0 Å². The van der Waals surface area contributed by atoms with E-state index in [0.29, 0.717) is 0 Å². The highest BCUT2D eigenvalue weighted by Crippen LogP contribution is 2.26. The van der Waals surface area contributed by atoms with Gasteiger partial charge in [-0.3, -0.25) is 0 Å². The summed E-state index contributed by atoms with van der Waals surface area (Å²) in [5, 5.41) is 0. The lowest BCUT2D eigenvalue weighted by Gasteiger charge is -2.22. The number of likely N-dealkylation sites (tertiary alicyclic amines) is 1. The average molecular weight is 263 g/mol. The second kappa shape index (κ2) is 5.96. The predicted octanol–water partition coefficient (Wildman–Crippen LogP) is 4.59. The van der Waals surface area contributed by atoms with E-state index in [1.165, 1.54) is 48.3 Å². The molecule has 3 rings (SSSR count). The fourth-order valence-corrected chi connectivity index (χ4v) is 2.83. The molecule has 0 radical (unpaired) electrons. The Morgan fingerprint density at radius 2 is 1.70 bits per heavy atom. The quantitative estimate of drug-likeness (QED) is 0.732. The van der Waals surface area contributed by atoms with Crippen LogP contribution in [0.25, 0.3) is 11.8 Å². The topological polar surface area (TPSA) is 3.24 Å². The molecule has 102 valence electrons. The molecule has 1 fully saturated rings. The first-order valence-corrected chi connectivity index (χ1v) is 7.42. The van der Waals surface area contributed by atoms with Gasteiger partial charge in [0.05, 0.1) is 0 Å². The molecule has 1 aliphatic heterocycles. The summed E-state index contributed by atoms with van der Waals surface area (Å²) in [6.45, 7) is 4.51. The lowest BCUT2D eigenvalue weighted by atomic mass is 10.1. The van der Waals surface area contributed by atoms with Crippen LogP contribution in [0, 0.1) is 6.92 Å². The molecule has 1 heterocycles. The van der Waals surface area contributed by atoms with Crippen LogP contribution in [0.1, 0.15) is 29.5 Å². The maximum absolute atomic E-state index is 2.52. The first-order valence-electron chi connectivity index (χ1n) is 7.42. The van der Waals surface area contributed by atoms with Crippen LogP contribution in [0.15, 0.2) is 54.6 Å². The molecular formula is C19H21N. The Morgan fingerprint density at radius 3 is 2.40 bits per heavy atom. The Balaban J connectivity index is 2.02. The summed E-state index contributed by atoms with van der Waals surface area (Å²) in [5.74, 6) is 0. The van der Waals surface area contributed by atoms with Crippen LogP contribution in [0.4, 0.5) is 0 Å². The monoisotopic (exact) mass is 263 g/mol. The molecule has 0 saturated carbocycles. The highest BCUT2D eigenvalue weighted by atomic mass is 15.1. The molecule has 0 amide bonds. The zero-order chi connectivity index (χ0) is 13.8. The molecule has 20 heavy (non-hydrogen) atoms. The molecule has 0 unspecified atom stereocenters. The van der Waals surface area contributed by atoms with E-state index in [4.69, 9.17) is 0 Å². The Bertz CT molecular complexity index is 592. The molecule has 0 aromatic heterocycles. The lowest BCUT2D eigenvalue weighted by Crippen LogP contribution is -2.17. The highest BCUT2D eigenvalue weighted by Gasteiger charge is 2.16. The Morgan fingerprint density at radius 1 is 0.950 bits per heavy atom. The molecule has 0 aliphatic carbocycles. The molecular weight excluding hydrogens is 242 g/mol. The fraction of sp³-hybridized carbons (Fsp3) is 0.263. The maximum Gasteiger partial charge on any atom is 0.0445 e. The van der Waals surface area contributed by atoms with Gasteiger partial charge < -0.3 is 4.90 Å². The van der Waals surface area contributed by atoms with E-state index in [2.05, 4.69) is 72.5 Å². The van der Waals surface area contributed by atoms with E-state index in [1.54, 1.807) is 0 Å². The number of hydrogen-bond acceptors (Lipinski definition) is 1. The predicted molar refractivity (Wildman–Crippen MR) is 86.3 cm³/mol. The third-order valence-electron chi connectivity index (χ3n) is 3.86. The molecule has 0 spiro atoms. The molecule has 0 bridgehead atoms. The van der Waals surface area contributed by atoms with Crippen LogP contribution in [0.3, 0.4) is 0 Å². The largest absolute Gasteiger partial charge is 0.371 e. The van der Waals surface area contributed by atoms with Gasteiger partial charge in [-0.25, -0.2) is 0 Å². The van der Waals surface area contributed by atoms with Gasteiger partial charge in [-0.2, -0.15) is 0 Å². The standard InChI is InChI=1S/C19H21N/c1-16-8-7-11-18(14-16)19(20-12-5-6-13-20)15-17-9-3-2-4-10-17/h2-4,7-11,14-15H,5-6,12-13H2,1H3/b19-15+. The maximum atomic E-state index is 2.52. The minimum Gasteiger partial charge on any atom is -0.371 e. The van der Waals surface area contributed by atoms with Crippen LogP contribution in [0.2, 0.25) is 0 Å². The first-order chi connectivity index (χ1) is 9.83.